The van der Waals surface area contributed by atoms with Crippen molar-refractivity contribution in [1.29, 1.82) is 0 Å². The van der Waals surface area contributed by atoms with E-state index in [4.69, 9.17) is 0 Å². The topological polar surface area (TPSA) is 46.2 Å². The van der Waals surface area contributed by atoms with E-state index in [2.05, 4.69) is 95.3 Å². The van der Waals surface area contributed by atoms with Gasteiger partial charge in [-0.2, -0.15) is 0 Å². The fourth-order valence-electron chi connectivity index (χ4n) is 4.01. The van der Waals surface area contributed by atoms with E-state index in [0.717, 1.165) is 25.0 Å². The minimum absolute atomic E-state index is 0.0284. The standard InChI is InChI=1S/C27H53NO2S2/c1-15-22(3,4)18-28-21(30)27(13,14)25(9,10)17-26(11,12)32-31-19-23(5,6)16-24(7,8)20(2)29/h15-19H2,1-14H3,(H,28,30). The predicted octanol–water partition coefficient (Wildman–Crippen LogP) is 8.17. The monoisotopic (exact) mass is 487 g/mol. The van der Waals surface area contributed by atoms with Crippen LogP contribution in [0.5, 0.6) is 0 Å². The fraction of sp³-hybridized carbons (Fsp3) is 0.926. The van der Waals surface area contributed by atoms with E-state index in [1.165, 1.54) is 0 Å². The zero-order valence-electron chi connectivity index (χ0n) is 23.7. The number of hydrogen-bond donors (Lipinski definition) is 1. The van der Waals surface area contributed by atoms with Gasteiger partial charge in [-0.1, -0.05) is 97.7 Å². The largest absolute Gasteiger partial charge is 0.355 e. The molecule has 0 aromatic heterocycles. The van der Waals surface area contributed by atoms with Crippen LogP contribution < -0.4 is 5.32 Å². The molecule has 0 atom stereocenters. The number of ketones is 1. The summed E-state index contributed by atoms with van der Waals surface area (Å²) in [6, 6.07) is 0. The van der Waals surface area contributed by atoms with Gasteiger partial charge in [0.05, 0.1) is 0 Å². The fourth-order valence-corrected chi connectivity index (χ4v) is 7.49. The highest BCUT2D eigenvalue weighted by Crippen LogP contribution is 2.51. The molecule has 0 bridgehead atoms. The Kier molecular flexibility index (Phi) is 11.0. The summed E-state index contributed by atoms with van der Waals surface area (Å²) in [7, 11) is 3.82. The molecule has 32 heavy (non-hydrogen) atoms. The van der Waals surface area contributed by atoms with Crippen LogP contribution in [-0.4, -0.2) is 28.7 Å². The molecule has 0 aromatic rings. The molecule has 0 unspecified atom stereocenters. The first kappa shape index (κ1) is 31.8. The number of Topliss-reactive ketones (excluding diaryl/α,β-unsaturated/α-hetero) is 1. The molecule has 0 fully saturated rings. The summed E-state index contributed by atoms with van der Waals surface area (Å²) in [5, 5.41) is 3.22. The van der Waals surface area contributed by atoms with E-state index in [1.807, 2.05) is 21.6 Å². The number of amides is 1. The first-order valence-corrected chi connectivity index (χ1v) is 14.4. The van der Waals surface area contributed by atoms with Crippen molar-refractivity contribution >= 4 is 33.3 Å². The molecule has 0 spiro atoms. The lowest BCUT2D eigenvalue weighted by molar-refractivity contribution is -0.136. The zero-order valence-corrected chi connectivity index (χ0v) is 25.3. The predicted molar refractivity (Wildman–Crippen MR) is 146 cm³/mol. The van der Waals surface area contributed by atoms with Crippen LogP contribution in [0.25, 0.3) is 0 Å². The Hall–Kier alpha value is -0.160. The minimum atomic E-state index is -0.468. The van der Waals surface area contributed by atoms with Crippen LogP contribution in [0.15, 0.2) is 0 Å². The van der Waals surface area contributed by atoms with Gasteiger partial charge in [0.1, 0.15) is 5.78 Å². The lowest BCUT2D eigenvalue weighted by Crippen LogP contribution is -2.50. The Bertz CT molecular complexity index is 646. The van der Waals surface area contributed by atoms with Gasteiger partial charge in [0, 0.05) is 27.9 Å². The third kappa shape index (κ3) is 9.99. The zero-order chi connectivity index (χ0) is 25.8. The molecule has 0 saturated heterocycles. The molecule has 0 rings (SSSR count). The first-order valence-electron chi connectivity index (χ1n) is 12.1. The molecule has 190 valence electrons. The van der Waals surface area contributed by atoms with Gasteiger partial charge < -0.3 is 5.32 Å². The smallest absolute Gasteiger partial charge is 0.226 e. The lowest BCUT2D eigenvalue weighted by Gasteiger charge is -2.45. The van der Waals surface area contributed by atoms with Crippen molar-refractivity contribution in [3.8, 4) is 0 Å². The van der Waals surface area contributed by atoms with E-state index >= 15 is 0 Å². The van der Waals surface area contributed by atoms with Gasteiger partial charge in [0.25, 0.3) is 0 Å². The maximum Gasteiger partial charge on any atom is 0.226 e. The summed E-state index contributed by atoms with van der Waals surface area (Å²) >= 11 is 0. The van der Waals surface area contributed by atoms with Crippen molar-refractivity contribution in [3.05, 3.63) is 0 Å². The molecule has 0 radical (unpaired) electrons. The van der Waals surface area contributed by atoms with Crippen LogP contribution in [0.3, 0.4) is 0 Å². The molecule has 0 heterocycles. The Labute approximate surface area is 208 Å². The lowest BCUT2D eigenvalue weighted by atomic mass is 9.63. The highest BCUT2D eigenvalue weighted by atomic mass is 33.1. The van der Waals surface area contributed by atoms with Gasteiger partial charge in [-0.15, -0.1) is 0 Å². The highest BCUT2D eigenvalue weighted by molar-refractivity contribution is 8.77. The molecule has 0 aromatic carbocycles. The number of nitrogens with one attached hydrogen (secondary N) is 1. The molecular weight excluding hydrogens is 434 g/mol. The van der Waals surface area contributed by atoms with Crippen molar-refractivity contribution in [2.24, 2.45) is 27.1 Å². The van der Waals surface area contributed by atoms with Crippen molar-refractivity contribution in [2.45, 2.75) is 121 Å². The van der Waals surface area contributed by atoms with Gasteiger partial charge in [0.15, 0.2) is 0 Å². The Morgan fingerprint density at radius 3 is 1.72 bits per heavy atom. The maximum absolute atomic E-state index is 13.1. The van der Waals surface area contributed by atoms with E-state index in [9.17, 15) is 9.59 Å². The molecule has 1 amide bonds. The van der Waals surface area contributed by atoms with Gasteiger partial charge in [-0.3, -0.25) is 9.59 Å². The SMILES string of the molecule is CCC(C)(C)CNC(=O)C(C)(C)C(C)(C)CC(C)(C)SSCC(C)(C)CC(C)(C)C(C)=O. The van der Waals surface area contributed by atoms with Crippen molar-refractivity contribution in [3.63, 3.8) is 0 Å². The molecule has 5 heteroatoms. The van der Waals surface area contributed by atoms with Crippen molar-refractivity contribution in [2.75, 3.05) is 12.3 Å². The minimum Gasteiger partial charge on any atom is -0.355 e. The van der Waals surface area contributed by atoms with Gasteiger partial charge in [-0.25, -0.2) is 0 Å². The van der Waals surface area contributed by atoms with Crippen LogP contribution >= 0.6 is 21.6 Å². The molecule has 0 aliphatic rings. The molecule has 0 aliphatic carbocycles. The normalized spacial score (nSPS) is 14.4. The van der Waals surface area contributed by atoms with Crippen LogP contribution in [0, 0.1) is 27.1 Å². The van der Waals surface area contributed by atoms with E-state index < -0.39 is 5.41 Å². The van der Waals surface area contributed by atoms with E-state index in [1.54, 1.807) is 6.92 Å². The second kappa shape index (κ2) is 11.1. The molecular formula is C27H53NO2S2. The third-order valence-electron chi connectivity index (χ3n) is 7.42. The Balaban J connectivity index is 5.04. The Morgan fingerprint density at radius 2 is 1.28 bits per heavy atom. The average Bonchev–Trinajstić information content (AvgIpc) is 2.56. The van der Waals surface area contributed by atoms with Crippen LogP contribution in [0.1, 0.15) is 116 Å². The summed E-state index contributed by atoms with van der Waals surface area (Å²) in [5.74, 6) is 1.40. The maximum atomic E-state index is 13.1. The molecule has 3 nitrogen and oxygen atoms in total. The first-order chi connectivity index (χ1) is 14.0. The van der Waals surface area contributed by atoms with Gasteiger partial charge in [-0.05, 0) is 56.3 Å². The summed E-state index contributed by atoms with van der Waals surface area (Å²) in [4.78, 5) is 25.1. The van der Waals surface area contributed by atoms with E-state index in [-0.39, 0.29) is 38.1 Å². The third-order valence-corrected chi connectivity index (χ3v) is 11.1. The molecule has 0 aliphatic heterocycles. The quantitative estimate of drug-likeness (QED) is 0.251. The van der Waals surface area contributed by atoms with Crippen molar-refractivity contribution < 1.29 is 9.59 Å². The Morgan fingerprint density at radius 1 is 0.781 bits per heavy atom. The number of carbonyl (C=O) groups excluding carboxylic acids is 2. The van der Waals surface area contributed by atoms with Crippen molar-refractivity contribution in [1.82, 2.24) is 5.32 Å². The number of carbonyl (C=O) groups is 2. The van der Waals surface area contributed by atoms with Crippen LogP contribution in [-0.2, 0) is 9.59 Å². The number of rotatable bonds is 14. The highest BCUT2D eigenvalue weighted by Gasteiger charge is 2.46. The van der Waals surface area contributed by atoms with Gasteiger partial charge in [0.2, 0.25) is 5.91 Å². The van der Waals surface area contributed by atoms with Crippen LogP contribution in [0.4, 0.5) is 0 Å². The summed E-state index contributed by atoms with van der Waals surface area (Å²) in [6.07, 6.45) is 2.86. The van der Waals surface area contributed by atoms with Gasteiger partial charge >= 0.3 is 0 Å². The summed E-state index contributed by atoms with van der Waals surface area (Å²) in [6.45, 7) is 30.8. The summed E-state index contributed by atoms with van der Waals surface area (Å²) < 4.78 is 0.0284. The average molecular weight is 488 g/mol. The molecule has 0 saturated carbocycles. The number of hydrogen-bond acceptors (Lipinski definition) is 4. The van der Waals surface area contributed by atoms with Crippen LogP contribution in [0.2, 0.25) is 0 Å². The summed E-state index contributed by atoms with van der Waals surface area (Å²) in [5.41, 5.74) is -0.703. The second-order valence-corrected chi connectivity index (χ2v) is 16.8. The van der Waals surface area contributed by atoms with E-state index in [0.29, 0.717) is 6.54 Å². The molecule has 1 N–H and O–H groups in total. The second-order valence-electron chi connectivity index (χ2n) is 13.8.